The highest BCUT2D eigenvalue weighted by Crippen LogP contribution is 2.27. The highest BCUT2D eigenvalue weighted by Gasteiger charge is 2.19. The van der Waals surface area contributed by atoms with Gasteiger partial charge in [-0.2, -0.15) is 0 Å². The number of carbonyl (C=O) groups excluding carboxylic acids is 1. The van der Waals surface area contributed by atoms with Crippen LogP contribution < -0.4 is 19.7 Å². The van der Waals surface area contributed by atoms with Crippen molar-refractivity contribution in [3.8, 4) is 11.5 Å². The van der Waals surface area contributed by atoms with E-state index in [4.69, 9.17) is 9.47 Å². The van der Waals surface area contributed by atoms with Crippen LogP contribution in [-0.2, 0) is 6.54 Å². The maximum atomic E-state index is 12.4. The van der Waals surface area contributed by atoms with Crippen LogP contribution in [0.4, 0.5) is 5.95 Å². The van der Waals surface area contributed by atoms with E-state index in [9.17, 15) is 4.79 Å². The van der Waals surface area contributed by atoms with Crippen LogP contribution in [0.15, 0.2) is 30.6 Å². The van der Waals surface area contributed by atoms with Crippen molar-refractivity contribution in [2.45, 2.75) is 26.3 Å². The van der Waals surface area contributed by atoms with E-state index in [1.807, 2.05) is 18.2 Å². The third kappa shape index (κ3) is 4.67. The second kappa shape index (κ2) is 8.70. The number of benzene rings is 1. The SMILES string of the molecule is COc1ccc(CNC(=O)c2cnc(N3CCCC(C)C3)nc2)cc1OC. The Morgan fingerprint density at radius 3 is 2.63 bits per heavy atom. The second-order valence-electron chi connectivity index (χ2n) is 6.84. The molecule has 1 aromatic heterocycles. The van der Waals surface area contributed by atoms with Crippen LogP contribution in [0.25, 0.3) is 0 Å². The normalized spacial score (nSPS) is 16.7. The average molecular weight is 370 g/mol. The Labute approximate surface area is 159 Å². The second-order valence-corrected chi connectivity index (χ2v) is 6.84. The largest absolute Gasteiger partial charge is 0.493 e. The number of carbonyl (C=O) groups is 1. The predicted octanol–water partition coefficient (Wildman–Crippen LogP) is 2.66. The molecule has 2 aromatic rings. The first-order chi connectivity index (χ1) is 13.1. The van der Waals surface area contributed by atoms with Crippen molar-refractivity contribution in [2.75, 3.05) is 32.2 Å². The highest BCUT2D eigenvalue weighted by atomic mass is 16.5. The van der Waals surface area contributed by atoms with E-state index in [2.05, 4.69) is 27.1 Å². The zero-order valence-electron chi connectivity index (χ0n) is 16.1. The van der Waals surface area contributed by atoms with Gasteiger partial charge in [0, 0.05) is 32.0 Å². The summed E-state index contributed by atoms with van der Waals surface area (Å²) in [6, 6.07) is 5.55. The van der Waals surface area contributed by atoms with E-state index in [1.165, 1.54) is 6.42 Å². The molecular weight excluding hydrogens is 344 g/mol. The van der Waals surface area contributed by atoms with Gasteiger partial charge in [0.25, 0.3) is 5.91 Å². The summed E-state index contributed by atoms with van der Waals surface area (Å²) in [6.07, 6.45) is 5.57. The first-order valence-corrected chi connectivity index (χ1v) is 9.16. The lowest BCUT2D eigenvalue weighted by Crippen LogP contribution is -2.35. The molecule has 1 aliphatic rings. The molecule has 0 spiro atoms. The summed E-state index contributed by atoms with van der Waals surface area (Å²) in [5.41, 5.74) is 1.37. The van der Waals surface area contributed by atoms with Crippen molar-refractivity contribution in [1.29, 1.82) is 0 Å². The summed E-state index contributed by atoms with van der Waals surface area (Å²) in [7, 11) is 3.18. The molecule has 3 rings (SSSR count). The minimum absolute atomic E-state index is 0.205. The van der Waals surface area contributed by atoms with Crippen molar-refractivity contribution >= 4 is 11.9 Å². The van der Waals surface area contributed by atoms with E-state index in [0.717, 1.165) is 25.1 Å². The van der Waals surface area contributed by atoms with E-state index >= 15 is 0 Å². The molecule has 1 N–H and O–H groups in total. The summed E-state index contributed by atoms with van der Waals surface area (Å²) >= 11 is 0. The molecule has 7 heteroatoms. The molecule has 27 heavy (non-hydrogen) atoms. The first-order valence-electron chi connectivity index (χ1n) is 9.16. The molecule has 0 bridgehead atoms. The molecule has 0 radical (unpaired) electrons. The van der Waals surface area contributed by atoms with Gasteiger partial charge in [0.05, 0.1) is 19.8 Å². The number of methoxy groups -OCH3 is 2. The van der Waals surface area contributed by atoms with Gasteiger partial charge >= 0.3 is 0 Å². The molecule has 1 atom stereocenters. The Bertz CT molecular complexity index is 779. The quantitative estimate of drug-likeness (QED) is 0.842. The standard InChI is InChI=1S/C20H26N4O3/c1-14-5-4-8-24(13-14)20-22-11-16(12-23-20)19(25)21-10-15-6-7-17(26-2)18(9-15)27-3/h6-7,9,11-12,14H,4-5,8,10,13H2,1-3H3,(H,21,25). The molecule has 1 fully saturated rings. The Balaban J connectivity index is 1.59. The summed E-state index contributed by atoms with van der Waals surface area (Å²) in [6.45, 7) is 4.55. The summed E-state index contributed by atoms with van der Waals surface area (Å²) in [5, 5.41) is 2.88. The zero-order chi connectivity index (χ0) is 19.2. The molecule has 1 saturated heterocycles. The van der Waals surface area contributed by atoms with Crippen LogP contribution in [0, 0.1) is 5.92 Å². The smallest absolute Gasteiger partial charge is 0.254 e. The highest BCUT2D eigenvalue weighted by molar-refractivity contribution is 5.93. The molecule has 1 aromatic carbocycles. The zero-order valence-corrected chi connectivity index (χ0v) is 16.1. The van der Waals surface area contributed by atoms with Gasteiger partial charge in [-0.25, -0.2) is 9.97 Å². The van der Waals surface area contributed by atoms with Gasteiger partial charge in [0.1, 0.15) is 0 Å². The molecule has 0 aliphatic carbocycles. The molecule has 7 nitrogen and oxygen atoms in total. The number of ether oxygens (including phenoxy) is 2. The molecule has 144 valence electrons. The lowest BCUT2D eigenvalue weighted by Gasteiger charge is -2.30. The van der Waals surface area contributed by atoms with E-state index in [1.54, 1.807) is 26.6 Å². The van der Waals surface area contributed by atoms with E-state index in [0.29, 0.717) is 35.5 Å². The minimum Gasteiger partial charge on any atom is -0.493 e. The summed E-state index contributed by atoms with van der Waals surface area (Å²) in [4.78, 5) is 23.3. The van der Waals surface area contributed by atoms with Crippen molar-refractivity contribution in [3.63, 3.8) is 0 Å². The third-order valence-electron chi connectivity index (χ3n) is 4.74. The third-order valence-corrected chi connectivity index (χ3v) is 4.74. The Hall–Kier alpha value is -2.83. The number of hydrogen-bond donors (Lipinski definition) is 1. The number of rotatable bonds is 6. The maximum absolute atomic E-state index is 12.4. The molecule has 1 amide bonds. The Kier molecular flexibility index (Phi) is 6.11. The summed E-state index contributed by atoms with van der Waals surface area (Å²) < 4.78 is 10.5. The van der Waals surface area contributed by atoms with Gasteiger partial charge in [0.2, 0.25) is 5.95 Å². The van der Waals surface area contributed by atoms with Crippen LogP contribution in [0.1, 0.15) is 35.7 Å². The van der Waals surface area contributed by atoms with E-state index < -0.39 is 0 Å². The van der Waals surface area contributed by atoms with Gasteiger partial charge in [-0.1, -0.05) is 13.0 Å². The average Bonchev–Trinajstić information content (AvgIpc) is 2.71. The van der Waals surface area contributed by atoms with Crippen molar-refractivity contribution in [3.05, 3.63) is 41.7 Å². The number of amides is 1. The first kappa shape index (κ1) is 18.9. The number of nitrogens with zero attached hydrogens (tertiary/aromatic N) is 3. The fourth-order valence-corrected chi connectivity index (χ4v) is 3.25. The molecule has 1 unspecified atom stereocenters. The molecule has 0 saturated carbocycles. The van der Waals surface area contributed by atoms with Crippen molar-refractivity contribution in [1.82, 2.24) is 15.3 Å². The number of aromatic nitrogens is 2. The van der Waals surface area contributed by atoms with Crippen LogP contribution in [0.5, 0.6) is 11.5 Å². The number of anilines is 1. The molecular formula is C20H26N4O3. The predicted molar refractivity (Wildman–Crippen MR) is 103 cm³/mol. The Morgan fingerprint density at radius 1 is 1.22 bits per heavy atom. The topological polar surface area (TPSA) is 76.6 Å². The van der Waals surface area contributed by atoms with E-state index in [-0.39, 0.29) is 5.91 Å². The molecule has 1 aliphatic heterocycles. The van der Waals surface area contributed by atoms with Gasteiger partial charge < -0.3 is 19.7 Å². The van der Waals surface area contributed by atoms with Gasteiger partial charge in [0.15, 0.2) is 11.5 Å². The van der Waals surface area contributed by atoms with Gasteiger partial charge in [-0.3, -0.25) is 4.79 Å². The number of nitrogens with one attached hydrogen (secondary N) is 1. The fraction of sp³-hybridized carbons (Fsp3) is 0.450. The van der Waals surface area contributed by atoms with Crippen molar-refractivity contribution in [2.24, 2.45) is 5.92 Å². The Morgan fingerprint density at radius 2 is 1.96 bits per heavy atom. The maximum Gasteiger partial charge on any atom is 0.254 e. The lowest BCUT2D eigenvalue weighted by molar-refractivity contribution is 0.0950. The minimum atomic E-state index is -0.205. The number of hydrogen-bond acceptors (Lipinski definition) is 6. The van der Waals surface area contributed by atoms with Gasteiger partial charge in [-0.05, 0) is 36.5 Å². The van der Waals surface area contributed by atoms with Crippen molar-refractivity contribution < 1.29 is 14.3 Å². The molecule has 2 heterocycles. The van der Waals surface area contributed by atoms with Crippen LogP contribution in [0.3, 0.4) is 0 Å². The lowest BCUT2D eigenvalue weighted by atomic mass is 10.0. The summed E-state index contributed by atoms with van der Waals surface area (Å²) in [5.74, 6) is 2.42. The monoisotopic (exact) mass is 370 g/mol. The number of piperidine rings is 1. The van der Waals surface area contributed by atoms with Crippen LogP contribution >= 0.6 is 0 Å². The fourth-order valence-electron chi connectivity index (χ4n) is 3.25. The van der Waals surface area contributed by atoms with Gasteiger partial charge in [-0.15, -0.1) is 0 Å². The van der Waals surface area contributed by atoms with Crippen LogP contribution in [0.2, 0.25) is 0 Å². The van der Waals surface area contributed by atoms with Crippen LogP contribution in [-0.4, -0.2) is 43.2 Å².